The fourth-order valence-electron chi connectivity index (χ4n) is 3.96. The molecule has 8 nitrogen and oxygen atoms in total. The minimum Gasteiger partial charge on any atom is -0.478 e. The number of carboxylic acid groups (broad SMARTS) is 1. The van der Waals surface area contributed by atoms with E-state index in [1.165, 1.54) is 34.9 Å². The zero-order valence-electron chi connectivity index (χ0n) is 18.8. The van der Waals surface area contributed by atoms with Gasteiger partial charge in [-0.15, -0.1) is 0 Å². The Morgan fingerprint density at radius 2 is 1.76 bits per heavy atom. The number of anilines is 1. The van der Waals surface area contributed by atoms with Crippen LogP contribution in [0.4, 0.5) is 5.69 Å². The molecule has 2 aromatic carbocycles. The number of aromatic nitrogens is 3. The second-order valence-electron chi connectivity index (χ2n) is 8.05. The molecule has 1 atom stereocenters. The molecule has 0 spiro atoms. The van der Waals surface area contributed by atoms with Crippen molar-refractivity contribution in [2.45, 2.75) is 26.3 Å². The first-order valence-electron chi connectivity index (χ1n) is 10.8. The lowest BCUT2D eigenvalue weighted by Crippen LogP contribution is -2.34. The molecule has 0 bridgehead atoms. The number of nitrogens with zero attached hydrogens (tertiary/aromatic N) is 2. The van der Waals surface area contributed by atoms with Gasteiger partial charge in [0.1, 0.15) is 6.04 Å². The van der Waals surface area contributed by atoms with Gasteiger partial charge in [0, 0.05) is 35.6 Å². The van der Waals surface area contributed by atoms with E-state index in [2.05, 4.69) is 15.5 Å². The van der Waals surface area contributed by atoms with Crippen LogP contribution in [0, 0.1) is 13.8 Å². The van der Waals surface area contributed by atoms with Gasteiger partial charge in [0.05, 0.1) is 11.3 Å². The van der Waals surface area contributed by atoms with Gasteiger partial charge < -0.3 is 15.0 Å². The van der Waals surface area contributed by atoms with Gasteiger partial charge in [-0.2, -0.15) is 5.10 Å². The molecule has 3 N–H and O–H groups in total. The van der Waals surface area contributed by atoms with Crippen LogP contribution in [-0.4, -0.2) is 31.7 Å². The minimum absolute atomic E-state index is 0.121. The topological polar surface area (TPSA) is 117 Å². The fraction of sp³-hybridized carbons (Fsp3) is 0.154. The van der Waals surface area contributed by atoms with Crippen molar-refractivity contribution in [3.63, 3.8) is 0 Å². The number of H-pyrrole nitrogens is 1. The second-order valence-corrected chi connectivity index (χ2v) is 8.05. The number of carbonyl (C=O) groups is 2. The van der Waals surface area contributed by atoms with Crippen molar-refractivity contribution in [3.05, 3.63) is 106 Å². The van der Waals surface area contributed by atoms with E-state index in [0.29, 0.717) is 12.1 Å². The molecule has 2 heterocycles. The zero-order chi connectivity index (χ0) is 24.2. The maximum atomic E-state index is 13.3. The van der Waals surface area contributed by atoms with Crippen LogP contribution in [0.15, 0.2) is 77.7 Å². The predicted octanol–water partition coefficient (Wildman–Crippen LogP) is 3.98. The number of aromatic amines is 1. The van der Waals surface area contributed by atoms with Crippen molar-refractivity contribution < 1.29 is 14.7 Å². The number of carbonyl (C=O) groups excluding carboxylic acids is 1. The average Bonchev–Trinajstić information content (AvgIpc) is 3.16. The van der Waals surface area contributed by atoms with Crippen LogP contribution in [0.3, 0.4) is 0 Å². The van der Waals surface area contributed by atoms with Crippen LogP contribution in [0.5, 0.6) is 0 Å². The van der Waals surface area contributed by atoms with Crippen LogP contribution < -0.4 is 10.9 Å². The SMILES string of the molecule is Cc1n[nH]c(C)c1-c1ccn(C(Cc2ccccc2)C(=O)Nc2ccc(C(=O)O)cc2)c(=O)c1. The first-order chi connectivity index (χ1) is 16.3. The fourth-order valence-corrected chi connectivity index (χ4v) is 3.96. The molecule has 4 rings (SSSR count). The summed E-state index contributed by atoms with van der Waals surface area (Å²) in [6, 6.07) is 17.8. The van der Waals surface area contributed by atoms with Crippen LogP contribution in [-0.2, 0) is 11.2 Å². The Morgan fingerprint density at radius 1 is 1.06 bits per heavy atom. The quantitative estimate of drug-likeness (QED) is 0.389. The molecule has 0 saturated heterocycles. The highest BCUT2D eigenvalue weighted by Crippen LogP contribution is 2.25. The summed E-state index contributed by atoms with van der Waals surface area (Å²) in [4.78, 5) is 37.6. The number of rotatable bonds is 7. The van der Waals surface area contributed by atoms with Gasteiger partial charge in [-0.05, 0) is 55.3 Å². The number of nitrogens with one attached hydrogen (secondary N) is 2. The number of hydrogen-bond acceptors (Lipinski definition) is 4. The third-order valence-electron chi connectivity index (χ3n) is 5.67. The van der Waals surface area contributed by atoms with Crippen molar-refractivity contribution >= 4 is 17.6 Å². The Labute approximate surface area is 195 Å². The largest absolute Gasteiger partial charge is 0.478 e. The summed E-state index contributed by atoms with van der Waals surface area (Å²) in [5, 5.41) is 19.0. The lowest BCUT2D eigenvalue weighted by atomic mass is 10.0. The molecular formula is C26H24N4O4. The maximum absolute atomic E-state index is 13.3. The molecule has 0 aliphatic rings. The summed E-state index contributed by atoms with van der Waals surface area (Å²) in [7, 11) is 0. The monoisotopic (exact) mass is 456 g/mol. The Balaban J connectivity index is 1.67. The van der Waals surface area contributed by atoms with Crippen molar-refractivity contribution in [2.24, 2.45) is 0 Å². The van der Waals surface area contributed by atoms with Gasteiger partial charge in [-0.25, -0.2) is 4.79 Å². The molecule has 4 aromatic rings. The van der Waals surface area contributed by atoms with E-state index in [9.17, 15) is 14.4 Å². The number of amides is 1. The van der Waals surface area contributed by atoms with Gasteiger partial charge in [-0.1, -0.05) is 30.3 Å². The highest BCUT2D eigenvalue weighted by Gasteiger charge is 2.23. The highest BCUT2D eigenvalue weighted by molar-refractivity contribution is 5.95. The smallest absolute Gasteiger partial charge is 0.335 e. The number of aryl methyl sites for hydroxylation is 2. The number of aromatic carboxylic acids is 1. The van der Waals surface area contributed by atoms with E-state index in [0.717, 1.165) is 28.1 Å². The maximum Gasteiger partial charge on any atom is 0.335 e. The molecule has 172 valence electrons. The van der Waals surface area contributed by atoms with Gasteiger partial charge in [0.2, 0.25) is 5.91 Å². The first-order valence-corrected chi connectivity index (χ1v) is 10.8. The lowest BCUT2D eigenvalue weighted by molar-refractivity contribution is -0.119. The summed E-state index contributed by atoms with van der Waals surface area (Å²) >= 11 is 0. The van der Waals surface area contributed by atoms with E-state index in [1.54, 1.807) is 12.3 Å². The van der Waals surface area contributed by atoms with Gasteiger partial charge in [0.25, 0.3) is 5.56 Å². The van der Waals surface area contributed by atoms with Crippen LogP contribution >= 0.6 is 0 Å². The summed E-state index contributed by atoms with van der Waals surface area (Å²) in [5.41, 5.74) is 4.41. The normalized spacial score (nSPS) is 11.7. The number of hydrogen-bond donors (Lipinski definition) is 3. The van der Waals surface area contributed by atoms with E-state index in [1.807, 2.05) is 44.2 Å². The molecule has 0 aliphatic heterocycles. The van der Waals surface area contributed by atoms with E-state index in [-0.39, 0.29) is 17.0 Å². The second kappa shape index (κ2) is 9.58. The molecular weight excluding hydrogens is 432 g/mol. The molecule has 8 heteroatoms. The Morgan fingerprint density at radius 3 is 2.35 bits per heavy atom. The summed E-state index contributed by atoms with van der Waals surface area (Å²) in [6.07, 6.45) is 1.94. The lowest BCUT2D eigenvalue weighted by Gasteiger charge is -2.20. The number of pyridine rings is 1. The van der Waals surface area contributed by atoms with E-state index < -0.39 is 12.0 Å². The van der Waals surface area contributed by atoms with E-state index in [4.69, 9.17) is 5.11 Å². The molecule has 1 unspecified atom stereocenters. The van der Waals surface area contributed by atoms with Crippen LogP contribution in [0.1, 0.15) is 33.4 Å². The predicted molar refractivity (Wildman–Crippen MR) is 129 cm³/mol. The van der Waals surface area contributed by atoms with Gasteiger partial charge in [-0.3, -0.25) is 14.7 Å². The minimum atomic E-state index is -1.05. The third kappa shape index (κ3) is 4.80. The van der Waals surface area contributed by atoms with Crippen molar-refractivity contribution in [2.75, 3.05) is 5.32 Å². The molecule has 0 radical (unpaired) electrons. The van der Waals surface area contributed by atoms with Gasteiger partial charge in [0.15, 0.2) is 0 Å². The zero-order valence-corrected chi connectivity index (χ0v) is 18.8. The summed E-state index contributed by atoms with van der Waals surface area (Å²) in [6.45, 7) is 3.76. The average molecular weight is 457 g/mol. The van der Waals surface area contributed by atoms with Crippen molar-refractivity contribution in [1.82, 2.24) is 14.8 Å². The first kappa shape index (κ1) is 22.7. The van der Waals surface area contributed by atoms with Crippen LogP contribution in [0.2, 0.25) is 0 Å². The molecule has 1 amide bonds. The molecule has 0 saturated carbocycles. The standard InChI is InChI=1S/C26H24N4O4/c1-16-24(17(2)29-28-16)20-12-13-30(23(31)15-20)22(14-18-6-4-3-5-7-18)25(32)27-21-10-8-19(9-11-21)26(33)34/h3-13,15,22H,14H2,1-2H3,(H,27,32)(H,28,29)(H,33,34). The Hall–Kier alpha value is -4.46. The van der Waals surface area contributed by atoms with Gasteiger partial charge >= 0.3 is 5.97 Å². The Kier molecular flexibility index (Phi) is 6.40. The van der Waals surface area contributed by atoms with Crippen molar-refractivity contribution in [3.8, 4) is 11.1 Å². The molecule has 34 heavy (non-hydrogen) atoms. The Bertz CT molecular complexity index is 1370. The third-order valence-corrected chi connectivity index (χ3v) is 5.67. The molecule has 0 aliphatic carbocycles. The summed E-state index contributed by atoms with van der Waals surface area (Å²) in [5.74, 6) is -1.42. The number of carboxylic acids is 1. The molecule has 2 aromatic heterocycles. The van der Waals surface area contributed by atoms with E-state index >= 15 is 0 Å². The highest BCUT2D eigenvalue weighted by atomic mass is 16.4. The molecule has 0 fully saturated rings. The van der Waals surface area contributed by atoms with Crippen LogP contribution in [0.25, 0.3) is 11.1 Å². The number of benzene rings is 2. The van der Waals surface area contributed by atoms with Crippen molar-refractivity contribution in [1.29, 1.82) is 0 Å². The summed E-state index contributed by atoms with van der Waals surface area (Å²) < 4.78 is 1.42.